The molecule has 1 amide bonds. The molecule has 3 rings (SSSR count). The maximum atomic E-state index is 12.1. The molecule has 1 atom stereocenters. The molecule has 1 aromatic carbocycles. The predicted octanol–water partition coefficient (Wildman–Crippen LogP) is 3.58. The third-order valence-corrected chi connectivity index (χ3v) is 3.86. The summed E-state index contributed by atoms with van der Waals surface area (Å²) in [7, 11) is 0. The van der Waals surface area contributed by atoms with Gasteiger partial charge in [0, 0.05) is 12.6 Å². The highest BCUT2D eigenvalue weighted by Gasteiger charge is 2.13. The lowest BCUT2D eigenvalue weighted by Gasteiger charge is -2.11. The van der Waals surface area contributed by atoms with Crippen LogP contribution in [0.3, 0.4) is 0 Å². The van der Waals surface area contributed by atoms with Crippen LogP contribution in [0.5, 0.6) is 0 Å². The second-order valence-corrected chi connectivity index (χ2v) is 5.87. The zero-order valence-corrected chi connectivity index (χ0v) is 13.9. The van der Waals surface area contributed by atoms with Gasteiger partial charge in [-0.25, -0.2) is 4.68 Å². The molecule has 0 radical (unpaired) electrons. The summed E-state index contributed by atoms with van der Waals surface area (Å²) in [5.74, 6) is 1.63. The number of aryl methyl sites for hydroxylation is 2. The molecular weight excluding hydrogens is 302 g/mol. The van der Waals surface area contributed by atoms with Crippen LogP contribution in [0.1, 0.15) is 36.5 Å². The summed E-state index contributed by atoms with van der Waals surface area (Å²) in [4.78, 5) is 12.1. The molecule has 5 nitrogen and oxygen atoms in total. The van der Waals surface area contributed by atoms with Gasteiger partial charge in [-0.3, -0.25) is 4.79 Å². The van der Waals surface area contributed by atoms with E-state index in [2.05, 4.69) is 10.4 Å². The fourth-order valence-corrected chi connectivity index (χ4v) is 2.54. The van der Waals surface area contributed by atoms with E-state index in [-0.39, 0.29) is 11.9 Å². The number of amides is 1. The van der Waals surface area contributed by atoms with E-state index in [0.717, 1.165) is 22.8 Å². The summed E-state index contributed by atoms with van der Waals surface area (Å²) in [6.07, 6.45) is 4.84. The van der Waals surface area contributed by atoms with Crippen molar-refractivity contribution >= 4 is 5.91 Å². The Bertz CT molecular complexity index is 805. The Morgan fingerprint density at radius 2 is 2.04 bits per heavy atom. The number of nitrogens with zero attached hydrogens (tertiary/aromatic N) is 2. The molecule has 2 heterocycles. The van der Waals surface area contributed by atoms with Crippen molar-refractivity contribution in [3.63, 3.8) is 0 Å². The Morgan fingerprint density at radius 3 is 2.75 bits per heavy atom. The molecule has 1 N–H and O–H groups in total. The van der Waals surface area contributed by atoms with Crippen molar-refractivity contribution in [2.45, 2.75) is 32.7 Å². The summed E-state index contributed by atoms with van der Waals surface area (Å²) < 4.78 is 7.35. The van der Waals surface area contributed by atoms with Crippen LogP contribution in [-0.2, 0) is 11.2 Å². The topological polar surface area (TPSA) is 60.1 Å². The number of carbonyl (C=O) groups excluding carboxylic acids is 1. The van der Waals surface area contributed by atoms with Crippen LogP contribution in [0.4, 0.5) is 0 Å². The Labute approximate surface area is 141 Å². The number of para-hydroxylation sites is 1. The first kappa shape index (κ1) is 16.1. The first-order chi connectivity index (χ1) is 11.6. The Kier molecular flexibility index (Phi) is 4.79. The summed E-state index contributed by atoms with van der Waals surface area (Å²) in [6.45, 7) is 3.81. The van der Waals surface area contributed by atoms with Crippen LogP contribution < -0.4 is 5.32 Å². The molecule has 0 aliphatic rings. The molecule has 2 aromatic heterocycles. The van der Waals surface area contributed by atoms with Crippen LogP contribution in [0.15, 0.2) is 59.3 Å². The number of nitrogens with one attached hydrogen (secondary N) is 1. The molecule has 0 aliphatic heterocycles. The fraction of sp³-hybridized carbons (Fsp3) is 0.263. The quantitative estimate of drug-likeness (QED) is 0.754. The molecular formula is C19H21N3O2. The smallest absolute Gasteiger partial charge is 0.220 e. The van der Waals surface area contributed by atoms with Crippen molar-refractivity contribution in [1.82, 2.24) is 15.1 Å². The van der Waals surface area contributed by atoms with Crippen molar-refractivity contribution < 1.29 is 9.21 Å². The molecule has 0 fully saturated rings. The van der Waals surface area contributed by atoms with Crippen molar-refractivity contribution in [1.29, 1.82) is 0 Å². The predicted molar refractivity (Wildman–Crippen MR) is 91.9 cm³/mol. The first-order valence-corrected chi connectivity index (χ1v) is 8.06. The van der Waals surface area contributed by atoms with E-state index < -0.39 is 0 Å². The van der Waals surface area contributed by atoms with Gasteiger partial charge >= 0.3 is 0 Å². The first-order valence-electron chi connectivity index (χ1n) is 8.06. The average molecular weight is 323 g/mol. The van der Waals surface area contributed by atoms with E-state index in [4.69, 9.17) is 4.42 Å². The van der Waals surface area contributed by atoms with Gasteiger partial charge in [0.05, 0.1) is 17.9 Å². The van der Waals surface area contributed by atoms with Crippen LogP contribution in [-0.4, -0.2) is 15.7 Å². The summed E-state index contributed by atoms with van der Waals surface area (Å²) in [5.41, 5.74) is 2.05. The lowest BCUT2D eigenvalue weighted by atomic mass is 10.2. The van der Waals surface area contributed by atoms with Gasteiger partial charge in [-0.05, 0) is 50.1 Å². The van der Waals surface area contributed by atoms with E-state index in [1.54, 1.807) is 6.20 Å². The van der Waals surface area contributed by atoms with Crippen LogP contribution in [0.25, 0.3) is 5.69 Å². The number of benzene rings is 1. The normalized spacial score (nSPS) is 12.1. The number of aromatic nitrogens is 2. The highest BCUT2D eigenvalue weighted by Crippen LogP contribution is 2.16. The van der Waals surface area contributed by atoms with Gasteiger partial charge < -0.3 is 9.73 Å². The van der Waals surface area contributed by atoms with Gasteiger partial charge in [-0.1, -0.05) is 18.2 Å². The lowest BCUT2D eigenvalue weighted by Crippen LogP contribution is -2.26. The number of furan rings is 1. The Balaban J connectivity index is 1.52. The minimum Gasteiger partial charge on any atom is -0.464 e. The highest BCUT2D eigenvalue weighted by molar-refractivity contribution is 5.76. The maximum Gasteiger partial charge on any atom is 0.220 e. The van der Waals surface area contributed by atoms with Gasteiger partial charge in [0.25, 0.3) is 0 Å². The molecule has 124 valence electrons. The minimum absolute atomic E-state index is 0.00372. The standard InChI is InChI=1S/C19H21N3O2/c1-14-8-10-18(24-14)15(2)21-19(23)11-9-16-12-20-22(13-16)17-6-4-3-5-7-17/h3-8,10,12-13,15H,9,11H2,1-2H3,(H,21,23). The van der Waals surface area contributed by atoms with E-state index >= 15 is 0 Å². The number of hydrogen-bond acceptors (Lipinski definition) is 3. The Morgan fingerprint density at radius 1 is 1.25 bits per heavy atom. The molecule has 24 heavy (non-hydrogen) atoms. The SMILES string of the molecule is Cc1ccc(C(C)NC(=O)CCc2cnn(-c3ccccc3)c2)o1. The monoisotopic (exact) mass is 323 g/mol. The van der Waals surface area contributed by atoms with Gasteiger partial charge in [0.2, 0.25) is 5.91 Å². The van der Waals surface area contributed by atoms with Crippen LogP contribution in [0, 0.1) is 6.92 Å². The van der Waals surface area contributed by atoms with E-state index in [1.165, 1.54) is 0 Å². The average Bonchev–Trinajstić information content (AvgIpc) is 3.23. The van der Waals surface area contributed by atoms with Gasteiger partial charge in [0.15, 0.2) is 0 Å². The third kappa shape index (κ3) is 3.93. The molecule has 0 saturated heterocycles. The summed E-state index contributed by atoms with van der Waals surface area (Å²) in [6, 6.07) is 13.6. The van der Waals surface area contributed by atoms with Crippen molar-refractivity contribution in [3.05, 3.63) is 71.9 Å². The molecule has 3 aromatic rings. The second kappa shape index (κ2) is 7.17. The molecule has 5 heteroatoms. The molecule has 0 saturated carbocycles. The van der Waals surface area contributed by atoms with Crippen LogP contribution in [0.2, 0.25) is 0 Å². The van der Waals surface area contributed by atoms with Crippen LogP contribution >= 0.6 is 0 Å². The lowest BCUT2D eigenvalue weighted by molar-refractivity contribution is -0.121. The fourth-order valence-electron chi connectivity index (χ4n) is 2.54. The van der Waals surface area contributed by atoms with Crippen molar-refractivity contribution in [3.8, 4) is 5.69 Å². The number of rotatable bonds is 6. The van der Waals surface area contributed by atoms with E-state index in [1.807, 2.05) is 67.2 Å². The zero-order chi connectivity index (χ0) is 16.9. The van der Waals surface area contributed by atoms with E-state index in [9.17, 15) is 4.79 Å². The van der Waals surface area contributed by atoms with Gasteiger partial charge in [-0.15, -0.1) is 0 Å². The number of carbonyl (C=O) groups is 1. The highest BCUT2D eigenvalue weighted by atomic mass is 16.3. The second-order valence-electron chi connectivity index (χ2n) is 5.87. The summed E-state index contributed by atoms with van der Waals surface area (Å²) >= 11 is 0. The van der Waals surface area contributed by atoms with Crippen molar-refractivity contribution in [2.24, 2.45) is 0 Å². The largest absolute Gasteiger partial charge is 0.464 e. The van der Waals surface area contributed by atoms with Gasteiger partial charge in [-0.2, -0.15) is 5.10 Å². The zero-order valence-electron chi connectivity index (χ0n) is 13.9. The molecule has 0 aliphatic carbocycles. The van der Waals surface area contributed by atoms with Crippen molar-refractivity contribution in [2.75, 3.05) is 0 Å². The maximum absolute atomic E-state index is 12.1. The molecule has 0 spiro atoms. The van der Waals surface area contributed by atoms with Gasteiger partial charge in [0.1, 0.15) is 11.5 Å². The third-order valence-electron chi connectivity index (χ3n) is 3.86. The van der Waals surface area contributed by atoms with E-state index in [0.29, 0.717) is 12.8 Å². The minimum atomic E-state index is -0.127. The molecule has 1 unspecified atom stereocenters. The summed E-state index contributed by atoms with van der Waals surface area (Å²) in [5, 5.41) is 7.30. The molecule has 0 bridgehead atoms. The Hall–Kier alpha value is -2.82. The number of hydrogen-bond donors (Lipinski definition) is 1.